The number of halogens is 2. The van der Waals surface area contributed by atoms with Crippen molar-refractivity contribution in [3.05, 3.63) is 70.4 Å². The SMILES string of the molecule is Cc1cc2c(-c3ccc(Cl)cc3F)cc(N3CCOC(c4cnn(C)c4)C3)nc2nc1C. The second kappa shape index (κ2) is 8.15. The highest BCUT2D eigenvalue weighted by molar-refractivity contribution is 6.30. The molecule has 5 rings (SSSR count). The monoisotopic (exact) mass is 451 g/mol. The van der Waals surface area contributed by atoms with Gasteiger partial charge in [0.25, 0.3) is 0 Å². The molecule has 4 heterocycles. The minimum absolute atomic E-state index is 0.113. The third-order valence-electron chi connectivity index (χ3n) is 5.94. The van der Waals surface area contributed by atoms with Crippen LogP contribution in [0.25, 0.3) is 22.2 Å². The van der Waals surface area contributed by atoms with E-state index in [1.807, 2.05) is 45.4 Å². The van der Waals surface area contributed by atoms with Crippen molar-refractivity contribution < 1.29 is 9.13 Å². The van der Waals surface area contributed by atoms with Gasteiger partial charge >= 0.3 is 0 Å². The van der Waals surface area contributed by atoms with Gasteiger partial charge in [0, 0.05) is 53.6 Å². The number of ether oxygens (including phenoxy) is 1. The van der Waals surface area contributed by atoms with Gasteiger partial charge in [-0.2, -0.15) is 5.10 Å². The number of morpholine rings is 1. The van der Waals surface area contributed by atoms with E-state index in [1.165, 1.54) is 6.07 Å². The van der Waals surface area contributed by atoms with E-state index in [-0.39, 0.29) is 11.9 Å². The van der Waals surface area contributed by atoms with E-state index in [4.69, 9.17) is 26.3 Å². The summed E-state index contributed by atoms with van der Waals surface area (Å²) in [5.41, 5.74) is 4.78. The maximum Gasteiger partial charge on any atom is 0.162 e. The van der Waals surface area contributed by atoms with Gasteiger partial charge in [0.1, 0.15) is 17.7 Å². The second-order valence-electron chi connectivity index (χ2n) is 8.17. The highest BCUT2D eigenvalue weighted by atomic mass is 35.5. The fourth-order valence-electron chi connectivity index (χ4n) is 4.08. The lowest BCUT2D eigenvalue weighted by atomic mass is 10.00. The molecule has 164 valence electrons. The average Bonchev–Trinajstić information content (AvgIpc) is 3.21. The van der Waals surface area contributed by atoms with Crippen LogP contribution >= 0.6 is 11.6 Å². The van der Waals surface area contributed by atoms with Crippen molar-refractivity contribution in [2.24, 2.45) is 7.05 Å². The van der Waals surface area contributed by atoms with Crippen molar-refractivity contribution >= 4 is 28.5 Å². The lowest BCUT2D eigenvalue weighted by molar-refractivity contribution is 0.0395. The van der Waals surface area contributed by atoms with Crippen LogP contribution in [0, 0.1) is 19.7 Å². The molecule has 32 heavy (non-hydrogen) atoms. The molecule has 8 heteroatoms. The molecular formula is C24H23ClFN5O. The number of anilines is 1. The Balaban J connectivity index is 1.62. The van der Waals surface area contributed by atoms with Crippen molar-refractivity contribution in [3.63, 3.8) is 0 Å². The Kier molecular flexibility index (Phi) is 5.31. The maximum atomic E-state index is 14.9. The molecule has 0 bridgehead atoms. The molecule has 6 nitrogen and oxygen atoms in total. The zero-order valence-electron chi connectivity index (χ0n) is 18.1. The van der Waals surface area contributed by atoms with Gasteiger partial charge in [-0.25, -0.2) is 14.4 Å². The fraction of sp³-hybridized carbons (Fsp3) is 0.292. The number of fused-ring (bicyclic) bond motifs is 1. The summed E-state index contributed by atoms with van der Waals surface area (Å²) < 4.78 is 22.7. The molecule has 1 fully saturated rings. The Hall–Kier alpha value is -3.03. The van der Waals surface area contributed by atoms with Crippen LogP contribution in [0.1, 0.15) is 22.9 Å². The number of nitrogens with zero attached hydrogens (tertiary/aromatic N) is 5. The van der Waals surface area contributed by atoms with Gasteiger partial charge in [0.2, 0.25) is 0 Å². The molecule has 1 aromatic carbocycles. The first-order valence-electron chi connectivity index (χ1n) is 10.5. The summed E-state index contributed by atoms with van der Waals surface area (Å²) in [5.74, 6) is 0.374. The average molecular weight is 452 g/mol. The van der Waals surface area contributed by atoms with E-state index in [2.05, 4.69) is 10.00 Å². The molecule has 1 atom stereocenters. The molecule has 0 aliphatic carbocycles. The molecule has 1 saturated heterocycles. The summed E-state index contributed by atoms with van der Waals surface area (Å²) in [7, 11) is 1.89. The van der Waals surface area contributed by atoms with Crippen LogP contribution in [0.3, 0.4) is 0 Å². The topological polar surface area (TPSA) is 56.1 Å². The predicted molar refractivity (Wildman–Crippen MR) is 124 cm³/mol. The van der Waals surface area contributed by atoms with Crippen LogP contribution in [0.15, 0.2) is 42.7 Å². The molecule has 0 amide bonds. The van der Waals surface area contributed by atoms with E-state index in [1.54, 1.807) is 16.8 Å². The quantitative estimate of drug-likeness (QED) is 0.438. The zero-order valence-corrected chi connectivity index (χ0v) is 18.9. The van der Waals surface area contributed by atoms with E-state index in [0.29, 0.717) is 35.9 Å². The van der Waals surface area contributed by atoms with Crippen molar-refractivity contribution in [2.75, 3.05) is 24.6 Å². The minimum atomic E-state index is -0.371. The number of benzene rings is 1. The standard InChI is InChI=1S/C24H23ClFN5O/c1-14-8-20-19(18-5-4-17(25)9-21(18)26)10-23(29-24(20)28-15(14)2)31-6-7-32-22(13-31)16-11-27-30(3)12-16/h4-5,8-12,22H,6-7,13H2,1-3H3. The first-order chi connectivity index (χ1) is 15.4. The molecule has 0 spiro atoms. The lowest BCUT2D eigenvalue weighted by Gasteiger charge is -2.33. The van der Waals surface area contributed by atoms with Gasteiger partial charge in [-0.1, -0.05) is 11.6 Å². The molecule has 0 N–H and O–H groups in total. The number of aromatic nitrogens is 4. The van der Waals surface area contributed by atoms with Crippen LogP contribution in [-0.4, -0.2) is 39.4 Å². The van der Waals surface area contributed by atoms with Crippen LogP contribution in [0.2, 0.25) is 5.02 Å². The van der Waals surface area contributed by atoms with Crippen molar-refractivity contribution in [1.29, 1.82) is 0 Å². The van der Waals surface area contributed by atoms with E-state index in [9.17, 15) is 4.39 Å². The Morgan fingerprint density at radius 3 is 2.72 bits per heavy atom. The number of hydrogen-bond donors (Lipinski definition) is 0. The van der Waals surface area contributed by atoms with Crippen molar-refractivity contribution in [1.82, 2.24) is 19.7 Å². The van der Waals surface area contributed by atoms with Gasteiger partial charge in [0.05, 0.1) is 12.8 Å². The Bertz CT molecular complexity index is 1320. The largest absolute Gasteiger partial charge is 0.370 e. The minimum Gasteiger partial charge on any atom is -0.370 e. The van der Waals surface area contributed by atoms with Crippen LogP contribution in [0.4, 0.5) is 10.2 Å². The summed E-state index contributed by atoms with van der Waals surface area (Å²) in [6.07, 6.45) is 3.67. The summed E-state index contributed by atoms with van der Waals surface area (Å²) in [4.78, 5) is 11.7. The second-order valence-corrected chi connectivity index (χ2v) is 8.60. The normalized spacial score (nSPS) is 16.7. The molecule has 0 saturated carbocycles. The summed E-state index contributed by atoms with van der Waals surface area (Å²) in [6, 6.07) is 8.72. The van der Waals surface area contributed by atoms with E-state index in [0.717, 1.165) is 33.6 Å². The van der Waals surface area contributed by atoms with Gasteiger partial charge in [-0.05, 0) is 55.3 Å². The molecule has 1 aliphatic heterocycles. The molecule has 1 aliphatic rings. The number of pyridine rings is 2. The van der Waals surface area contributed by atoms with Gasteiger partial charge in [-0.15, -0.1) is 0 Å². The number of hydrogen-bond acceptors (Lipinski definition) is 5. The number of aryl methyl sites for hydroxylation is 3. The lowest BCUT2D eigenvalue weighted by Crippen LogP contribution is -2.38. The third-order valence-corrected chi connectivity index (χ3v) is 6.17. The molecule has 1 unspecified atom stereocenters. The third kappa shape index (κ3) is 3.82. The van der Waals surface area contributed by atoms with E-state index < -0.39 is 0 Å². The molecule has 4 aromatic rings. The highest BCUT2D eigenvalue weighted by Crippen LogP contribution is 2.35. The first-order valence-corrected chi connectivity index (χ1v) is 10.9. The highest BCUT2D eigenvalue weighted by Gasteiger charge is 2.25. The Morgan fingerprint density at radius 2 is 1.97 bits per heavy atom. The molecular weight excluding hydrogens is 429 g/mol. The Morgan fingerprint density at radius 1 is 1.12 bits per heavy atom. The summed E-state index contributed by atoms with van der Waals surface area (Å²) >= 11 is 6.00. The predicted octanol–water partition coefficient (Wildman–Crippen LogP) is 5.02. The van der Waals surface area contributed by atoms with Crippen LogP contribution in [0.5, 0.6) is 0 Å². The number of rotatable bonds is 3. The zero-order chi connectivity index (χ0) is 22.4. The maximum absolute atomic E-state index is 14.9. The van der Waals surface area contributed by atoms with Crippen LogP contribution < -0.4 is 4.90 Å². The van der Waals surface area contributed by atoms with Gasteiger partial charge < -0.3 is 9.64 Å². The Labute approximate surface area is 190 Å². The first kappa shape index (κ1) is 20.8. The van der Waals surface area contributed by atoms with Crippen molar-refractivity contribution in [3.8, 4) is 11.1 Å². The molecule has 3 aromatic heterocycles. The summed E-state index contributed by atoms with van der Waals surface area (Å²) in [6.45, 7) is 5.82. The fourth-order valence-corrected chi connectivity index (χ4v) is 4.24. The van der Waals surface area contributed by atoms with E-state index >= 15 is 0 Å². The molecule has 0 radical (unpaired) electrons. The summed E-state index contributed by atoms with van der Waals surface area (Å²) in [5, 5.41) is 5.44. The van der Waals surface area contributed by atoms with Gasteiger partial charge in [0.15, 0.2) is 5.65 Å². The van der Waals surface area contributed by atoms with Crippen LogP contribution in [-0.2, 0) is 11.8 Å². The smallest absolute Gasteiger partial charge is 0.162 e. The van der Waals surface area contributed by atoms with Gasteiger partial charge in [-0.3, -0.25) is 4.68 Å². The van der Waals surface area contributed by atoms with Crippen molar-refractivity contribution in [2.45, 2.75) is 20.0 Å².